The zero-order valence-corrected chi connectivity index (χ0v) is 22.6. The van der Waals surface area contributed by atoms with E-state index in [2.05, 4.69) is 26.1 Å². The lowest BCUT2D eigenvalue weighted by Crippen LogP contribution is -2.40. The molecule has 1 aliphatic rings. The minimum atomic E-state index is -2.84. The van der Waals surface area contributed by atoms with E-state index in [1.54, 1.807) is 30.2 Å². The number of hydrogen-bond acceptors (Lipinski definition) is 7. The molecule has 0 spiro atoms. The van der Waals surface area contributed by atoms with Crippen LogP contribution in [0.1, 0.15) is 76.5 Å². The van der Waals surface area contributed by atoms with Crippen molar-refractivity contribution in [2.75, 3.05) is 13.2 Å². The van der Waals surface area contributed by atoms with Gasteiger partial charge >= 0.3 is 0 Å². The van der Waals surface area contributed by atoms with Gasteiger partial charge in [-0.25, -0.2) is 23.4 Å². The van der Waals surface area contributed by atoms with E-state index in [1.165, 1.54) is 6.20 Å². The molecule has 4 aromatic rings. The first-order valence-electron chi connectivity index (χ1n) is 12.9. The van der Waals surface area contributed by atoms with Gasteiger partial charge in [0.15, 0.2) is 5.82 Å². The van der Waals surface area contributed by atoms with Crippen LogP contribution in [0.4, 0.5) is 8.78 Å². The van der Waals surface area contributed by atoms with Gasteiger partial charge in [0.1, 0.15) is 29.0 Å². The van der Waals surface area contributed by atoms with Gasteiger partial charge < -0.3 is 14.2 Å². The molecule has 4 heterocycles. The van der Waals surface area contributed by atoms with E-state index in [4.69, 9.17) is 4.74 Å². The standard InChI is InChI=1S/C28H28F2N8O2/c1-5-40-25-12-23(33-14-20(25)13-31)16(2)37-8-6-21-22(28(37)39)10-19(15-36-9-7-32-18(36)4)11-24(21)38-27(26(29)30)34-17(3)35-38/h7,9-12,14,16,26H,5-6,8,15H2,1-4H3. The summed E-state index contributed by atoms with van der Waals surface area (Å²) >= 11 is 0. The van der Waals surface area contributed by atoms with Crippen LogP contribution in [0.25, 0.3) is 5.69 Å². The molecule has 0 fully saturated rings. The number of hydrogen-bond donors (Lipinski definition) is 0. The summed E-state index contributed by atoms with van der Waals surface area (Å²) < 4.78 is 36.6. The summed E-state index contributed by atoms with van der Waals surface area (Å²) in [6.07, 6.45) is 2.53. The normalized spacial score (nSPS) is 13.8. The number of imidazole rings is 1. The third-order valence-corrected chi connectivity index (χ3v) is 7.02. The SMILES string of the molecule is CCOc1cc(C(C)N2CCc3c(cc(Cn4ccnc4C)cc3-n3nc(C)nc3C(F)F)C2=O)ncc1C#N. The predicted octanol–water partition coefficient (Wildman–Crippen LogP) is 4.49. The van der Waals surface area contributed by atoms with E-state index in [-0.39, 0.29) is 11.7 Å². The molecule has 1 amide bonds. The average molecular weight is 547 g/mol. The summed E-state index contributed by atoms with van der Waals surface area (Å²) in [5, 5.41) is 13.7. The highest BCUT2D eigenvalue weighted by Gasteiger charge is 2.33. The molecule has 0 saturated carbocycles. The Kier molecular flexibility index (Phi) is 7.30. The van der Waals surface area contributed by atoms with Crippen LogP contribution in [0.3, 0.4) is 0 Å². The van der Waals surface area contributed by atoms with Crippen molar-refractivity contribution in [1.29, 1.82) is 5.26 Å². The second kappa shape index (κ2) is 10.8. The Hall–Kier alpha value is -4.66. The molecule has 10 nitrogen and oxygen atoms in total. The highest BCUT2D eigenvalue weighted by molar-refractivity contribution is 5.98. The van der Waals surface area contributed by atoms with Crippen LogP contribution in [0, 0.1) is 25.2 Å². The van der Waals surface area contributed by atoms with E-state index < -0.39 is 18.3 Å². The second-order valence-electron chi connectivity index (χ2n) is 9.55. The Morgan fingerprint density at radius 2 is 2.00 bits per heavy atom. The first kappa shape index (κ1) is 26.9. The fourth-order valence-electron chi connectivity index (χ4n) is 5.02. The maximum absolute atomic E-state index is 14.0. The summed E-state index contributed by atoms with van der Waals surface area (Å²) in [6, 6.07) is 6.93. The Morgan fingerprint density at radius 1 is 1.20 bits per heavy atom. The topological polar surface area (TPSA) is 115 Å². The number of rotatable bonds is 8. The fourth-order valence-corrected chi connectivity index (χ4v) is 5.02. The van der Waals surface area contributed by atoms with Crippen LogP contribution in [0.2, 0.25) is 0 Å². The largest absolute Gasteiger partial charge is 0.492 e. The highest BCUT2D eigenvalue weighted by atomic mass is 19.3. The Bertz CT molecular complexity index is 1620. The summed E-state index contributed by atoms with van der Waals surface area (Å²) in [6.45, 7) is 8.22. The molecule has 1 aliphatic heterocycles. The zero-order valence-electron chi connectivity index (χ0n) is 22.6. The molecule has 1 atom stereocenters. The maximum Gasteiger partial charge on any atom is 0.297 e. The molecule has 0 aliphatic carbocycles. The van der Waals surface area contributed by atoms with Gasteiger partial charge in [-0.05, 0) is 57.4 Å². The number of aromatic nitrogens is 6. The molecular weight excluding hydrogens is 518 g/mol. The number of aryl methyl sites for hydroxylation is 2. The molecule has 0 N–H and O–H groups in total. The summed E-state index contributed by atoms with van der Waals surface area (Å²) in [5.41, 5.74) is 3.09. The summed E-state index contributed by atoms with van der Waals surface area (Å²) in [5.74, 6) is 0.688. The van der Waals surface area contributed by atoms with Crippen LogP contribution in [-0.2, 0) is 13.0 Å². The van der Waals surface area contributed by atoms with Crippen molar-refractivity contribution in [3.8, 4) is 17.5 Å². The van der Waals surface area contributed by atoms with Gasteiger partial charge in [0.05, 0.1) is 24.0 Å². The number of carbonyl (C=O) groups excluding carboxylic acids is 1. The third-order valence-electron chi connectivity index (χ3n) is 7.02. The van der Waals surface area contributed by atoms with Crippen LogP contribution < -0.4 is 4.74 Å². The van der Waals surface area contributed by atoms with Gasteiger partial charge in [0.25, 0.3) is 12.3 Å². The minimum Gasteiger partial charge on any atom is -0.492 e. The molecular formula is C28H28F2N8O2. The van der Waals surface area contributed by atoms with Crippen LogP contribution in [0.5, 0.6) is 5.75 Å². The van der Waals surface area contributed by atoms with Crippen molar-refractivity contribution in [3.63, 3.8) is 0 Å². The number of benzene rings is 1. The number of amides is 1. The Morgan fingerprint density at radius 3 is 2.67 bits per heavy atom. The second-order valence-corrected chi connectivity index (χ2v) is 9.55. The van der Waals surface area contributed by atoms with Crippen molar-refractivity contribution in [3.05, 3.63) is 82.2 Å². The maximum atomic E-state index is 14.0. The monoisotopic (exact) mass is 546 g/mol. The molecule has 1 aromatic carbocycles. The zero-order chi connectivity index (χ0) is 28.6. The number of pyridine rings is 1. The number of ether oxygens (including phenoxy) is 1. The lowest BCUT2D eigenvalue weighted by atomic mass is 9.93. The van der Waals surface area contributed by atoms with Gasteiger partial charge in [-0.2, -0.15) is 10.4 Å². The third kappa shape index (κ3) is 4.90. The van der Waals surface area contributed by atoms with Crippen LogP contribution >= 0.6 is 0 Å². The van der Waals surface area contributed by atoms with Gasteiger partial charge in [0, 0.05) is 43.3 Å². The number of halogens is 2. The first-order valence-corrected chi connectivity index (χ1v) is 12.9. The number of nitriles is 1. The van der Waals surface area contributed by atoms with Gasteiger partial charge in [-0.3, -0.25) is 9.78 Å². The van der Waals surface area contributed by atoms with Crippen molar-refractivity contribution in [1.82, 2.24) is 34.2 Å². The Balaban J connectivity index is 1.59. The number of nitrogens with zero attached hydrogens (tertiary/aromatic N) is 8. The summed E-state index contributed by atoms with van der Waals surface area (Å²) in [4.78, 5) is 28.3. The number of carbonyl (C=O) groups is 1. The Labute approximate surface area is 229 Å². The van der Waals surface area contributed by atoms with Crippen molar-refractivity contribution >= 4 is 5.91 Å². The van der Waals surface area contributed by atoms with Crippen LogP contribution in [-0.4, -0.2) is 53.3 Å². The molecule has 3 aromatic heterocycles. The molecule has 0 radical (unpaired) electrons. The van der Waals surface area contributed by atoms with Crippen LogP contribution in [0.15, 0.2) is 36.8 Å². The van der Waals surface area contributed by atoms with Crippen molar-refractivity contribution in [2.45, 2.75) is 53.1 Å². The van der Waals surface area contributed by atoms with Crippen molar-refractivity contribution in [2.24, 2.45) is 0 Å². The minimum absolute atomic E-state index is 0.217. The van der Waals surface area contributed by atoms with E-state index >= 15 is 0 Å². The predicted molar refractivity (Wildman–Crippen MR) is 140 cm³/mol. The average Bonchev–Trinajstić information content (AvgIpc) is 3.53. The molecule has 1 unspecified atom stereocenters. The fraction of sp³-hybridized carbons (Fsp3) is 0.357. The molecule has 0 bridgehead atoms. The molecule has 40 heavy (non-hydrogen) atoms. The van der Waals surface area contributed by atoms with E-state index in [1.807, 2.05) is 37.6 Å². The molecule has 206 valence electrons. The van der Waals surface area contributed by atoms with Crippen molar-refractivity contribution < 1.29 is 18.3 Å². The molecule has 5 rings (SSSR count). The summed E-state index contributed by atoms with van der Waals surface area (Å²) in [7, 11) is 0. The van der Waals surface area contributed by atoms with Gasteiger partial charge in [-0.15, -0.1) is 0 Å². The lowest BCUT2D eigenvalue weighted by Gasteiger charge is -2.34. The van der Waals surface area contributed by atoms with E-state index in [0.29, 0.717) is 59.9 Å². The molecule has 12 heteroatoms. The lowest BCUT2D eigenvalue weighted by molar-refractivity contribution is 0.0668. The van der Waals surface area contributed by atoms with E-state index in [9.17, 15) is 18.8 Å². The number of fused-ring (bicyclic) bond motifs is 1. The number of alkyl halides is 2. The molecule has 0 saturated heterocycles. The van der Waals surface area contributed by atoms with E-state index in [0.717, 1.165) is 16.1 Å². The highest BCUT2D eigenvalue weighted by Crippen LogP contribution is 2.34. The van der Waals surface area contributed by atoms with Gasteiger partial charge in [-0.1, -0.05) is 0 Å². The first-order chi connectivity index (χ1) is 19.2. The van der Waals surface area contributed by atoms with Gasteiger partial charge in [0.2, 0.25) is 0 Å². The smallest absolute Gasteiger partial charge is 0.297 e. The quantitative estimate of drug-likeness (QED) is 0.320.